The van der Waals surface area contributed by atoms with Gasteiger partial charge in [0.1, 0.15) is 0 Å². The van der Waals surface area contributed by atoms with Crippen molar-refractivity contribution >= 4 is 26.6 Å². The molecule has 0 spiro atoms. The Hall–Kier alpha value is -3.67. The number of benzene rings is 3. The van der Waals surface area contributed by atoms with Gasteiger partial charge in [-0.1, -0.05) is 42.5 Å². The van der Waals surface area contributed by atoms with Crippen LogP contribution in [-0.2, 0) is 17.9 Å². The third-order valence-electron chi connectivity index (χ3n) is 6.20. The molecule has 1 radical (unpaired) electrons. The van der Waals surface area contributed by atoms with E-state index in [1.165, 1.54) is 0 Å². The molecule has 3 aromatic carbocycles. The number of amides is 1. The Morgan fingerprint density at radius 2 is 1.63 bits per heavy atom. The van der Waals surface area contributed by atoms with Crippen molar-refractivity contribution in [2.45, 2.75) is 38.8 Å². The topological polar surface area (TPSA) is 95.5 Å². The second-order valence-corrected chi connectivity index (χ2v) is 10.4. The van der Waals surface area contributed by atoms with Crippen LogP contribution in [-0.4, -0.2) is 52.4 Å². The number of aromatic amines is 1. The van der Waals surface area contributed by atoms with Gasteiger partial charge in [0, 0.05) is 17.3 Å². The zero-order valence-corrected chi connectivity index (χ0v) is 23.0. The van der Waals surface area contributed by atoms with Crippen LogP contribution >= 0.6 is 0 Å². The Morgan fingerprint density at radius 1 is 0.868 bits per heavy atom. The molecule has 7 nitrogen and oxygen atoms in total. The molecule has 0 saturated heterocycles. The van der Waals surface area contributed by atoms with E-state index in [9.17, 15) is 9.59 Å². The number of hydrogen-bond donors (Lipinski definition) is 2. The average molecular weight is 573 g/mol. The SMILES string of the molecule is O=C(CCCCCOc1ccccc1CN(Cc1ccccc1)C(=O)c1ccc(-c2cn[nH]c2)cc1)[As]O. The summed E-state index contributed by atoms with van der Waals surface area (Å²) in [6.07, 6.45) is 6.46. The Morgan fingerprint density at radius 3 is 2.37 bits per heavy atom. The number of aromatic nitrogens is 2. The molecule has 0 aliphatic rings. The van der Waals surface area contributed by atoms with Gasteiger partial charge in [0.25, 0.3) is 0 Å². The van der Waals surface area contributed by atoms with Crippen molar-refractivity contribution in [2.24, 2.45) is 0 Å². The van der Waals surface area contributed by atoms with Gasteiger partial charge in [-0.25, -0.2) is 0 Å². The van der Waals surface area contributed by atoms with E-state index in [-0.39, 0.29) is 10.5 Å². The van der Waals surface area contributed by atoms with E-state index >= 15 is 0 Å². The summed E-state index contributed by atoms with van der Waals surface area (Å²) in [5, 5.41) is 6.81. The number of hydrogen-bond acceptors (Lipinski definition) is 5. The van der Waals surface area contributed by atoms with Crippen LogP contribution in [0.1, 0.15) is 47.2 Å². The number of nitrogens with one attached hydrogen (secondary N) is 1. The molecule has 4 rings (SSSR count). The number of carbonyl (C=O) groups excluding carboxylic acids is 2. The van der Waals surface area contributed by atoms with Crippen molar-refractivity contribution in [3.05, 3.63) is 108 Å². The number of unbranched alkanes of at least 4 members (excludes halogenated alkanes) is 2. The first kappa shape index (κ1) is 27.4. The summed E-state index contributed by atoms with van der Waals surface area (Å²) in [5.74, 6) is 0.698. The first-order chi connectivity index (χ1) is 18.6. The summed E-state index contributed by atoms with van der Waals surface area (Å²) in [4.78, 5) is 26.8. The Balaban J connectivity index is 1.46. The molecule has 0 unspecified atom stereocenters. The fourth-order valence-electron chi connectivity index (χ4n) is 4.17. The maximum absolute atomic E-state index is 13.7. The van der Waals surface area contributed by atoms with Crippen LogP contribution in [0.4, 0.5) is 0 Å². The van der Waals surface area contributed by atoms with Gasteiger partial charge in [0.15, 0.2) is 0 Å². The predicted molar refractivity (Wildman–Crippen MR) is 147 cm³/mol. The summed E-state index contributed by atoms with van der Waals surface area (Å²) in [7, 11) is 0. The zero-order chi connectivity index (χ0) is 26.6. The number of H-pyrrole nitrogens is 1. The molecule has 1 aromatic heterocycles. The number of para-hydroxylation sites is 1. The third-order valence-corrected chi connectivity index (χ3v) is 7.14. The van der Waals surface area contributed by atoms with Crippen molar-refractivity contribution in [3.63, 3.8) is 0 Å². The fraction of sp³-hybridized carbons (Fsp3) is 0.233. The molecule has 4 aromatic rings. The first-order valence-electron chi connectivity index (χ1n) is 12.6. The monoisotopic (exact) mass is 572 g/mol. The molecular formula is C30H31AsN3O4. The quantitative estimate of drug-likeness (QED) is 0.164. The number of carbonyl (C=O) groups is 2. The van der Waals surface area contributed by atoms with E-state index < -0.39 is 16.1 Å². The number of rotatable bonds is 14. The van der Waals surface area contributed by atoms with E-state index in [0.29, 0.717) is 31.7 Å². The summed E-state index contributed by atoms with van der Waals surface area (Å²) in [5.41, 5.74) is 4.56. The second kappa shape index (κ2) is 14.3. The summed E-state index contributed by atoms with van der Waals surface area (Å²) >= 11 is -1.16. The van der Waals surface area contributed by atoms with Crippen LogP contribution in [0.5, 0.6) is 5.75 Å². The molecule has 195 valence electrons. The van der Waals surface area contributed by atoms with Gasteiger partial charge in [-0.15, -0.1) is 0 Å². The molecule has 0 atom stereocenters. The molecule has 0 saturated carbocycles. The number of ether oxygens (including phenoxy) is 1. The molecule has 0 aliphatic heterocycles. The predicted octanol–water partition coefficient (Wildman–Crippen LogP) is 5.00. The molecular weight excluding hydrogens is 541 g/mol. The third kappa shape index (κ3) is 7.91. The van der Waals surface area contributed by atoms with E-state index in [2.05, 4.69) is 10.2 Å². The van der Waals surface area contributed by atoms with Gasteiger partial charge >= 0.3 is 126 Å². The van der Waals surface area contributed by atoms with Crippen LogP contribution in [0.15, 0.2) is 91.3 Å². The Labute approximate surface area is 229 Å². The summed E-state index contributed by atoms with van der Waals surface area (Å²) < 4.78 is 15.0. The normalized spacial score (nSPS) is 11.1. The van der Waals surface area contributed by atoms with Crippen LogP contribution in [0, 0.1) is 0 Å². The van der Waals surface area contributed by atoms with Gasteiger partial charge in [-0.05, 0) is 23.3 Å². The molecule has 0 aliphatic carbocycles. The van der Waals surface area contributed by atoms with E-state index in [0.717, 1.165) is 47.3 Å². The van der Waals surface area contributed by atoms with Crippen molar-refractivity contribution in [3.8, 4) is 16.9 Å². The minimum atomic E-state index is -1.16. The van der Waals surface area contributed by atoms with Crippen LogP contribution < -0.4 is 4.74 Å². The van der Waals surface area contributed by atoms with Crippen molar-refractivity contribution in [2.75, 3.05) is 6.61 Å². The van der Waals surface area contributed by atoms with Gasteiger partial charge in [0.2, 0.25) is 0 Å². The fourth-order valence-corrected chi connectivity index (χ4v) is 4.71. The minimum absolute atomic E-state index is 0.0354. The Kier molecular flexibility index (Phi) is 10.3. The molecule has 2 N–H and O–H groups in total. The number of nitrogens with zero attached hydrogens (tertiary/aromatic N) is 2. The van der Waals surface area contributed by atoms with E-state index in [4.69, 9.17) is 8.83 Å². The summed E-state index contributed by atoms with van der Waals surface area (Å²) in [6.45, 7) is 1.40. The van der Waals surface area contributed by atoms with Crippen molar-refractivity contribution in [1.82, 2.24) is 15.1 Å². The van der Waals surface area contributed by atoms with Gasteiger partial charge in [-0.3, -0.25) is 9.89 Å². The van der Waals surface area contributed by atoms with Gasteiger partial charge in [0.05, 0.1) is 6.20 Å². The van der Waals surface area contributed by atoms with Gasteiger partial charge in [-0.2, -0.15) is 5.10 Å². The van der Waals surface area contributed by atoms with Gasteiger partial charge < -0.3 is 0 Å². The molecule has 0 bridgehead atoms. The molecule has 1 heterocycles. The van der Waals surface area contributed by atoms with Crippen LogP contribution in [0.2, 0.25) is 0 Å². The standard InChI is InChI=1S/C30H31AsN3O4/c35-29(31-37)13-5-2-8-18-38-28-12-7-6-11-26(28)22-34(21-23-9-3-1-4-10-23)30(36)25-16-14-24(15-17-25)27-19-32-33-20-27/h1,3-4,6-7,9-12,14-17,19-20,37H,2,5,8,13,18,21-22H2,(H,32,33). The molecule has 8 heteroatoms. The maximum atomic E-state index is 13.7. The van der Waals surface area contributed by atoms with Crippen LogP contribution in [0.25, 0.3) is 11.1 Å². The second-order valence-electron chi connectivity index (χ2n) is 8.97. The first-order valence-corrected chi connectivity index (χ1v) is 14.4. The van der Waals surface area contributed by atoms with Crippen molar-refractivity contribution in [1.29, 1.82) is 0 Å². The van der Waals surface area contributed by atoms with E-state index in [1.54, 1.807) is 6.20 Å². The average Bonchev–Trinajstić information content (AvgIpc) is 3.50. The molecule has 0 fully saturated rings. The summed E-state index contributed by atoms with van der Waals surface area (Å²) in [6, 6.07) is 25.4. The zero-order valence-electron chi connectivity index (χ0n) is 21.1. The molecule has 1 amide bonds. The van der Waals surface area contributed by atoms with Crippen LogP contribution in [0.3, 0.4) is 0 Å². The Bertz CT molecular complexity index is 1290. The van der Waals surface area contributed by atoms with Crippen molar-refractivity contribution < 1.29 is 18.4 Å². The molecule has 38 heavy (non-hydrogen) atoms. The van der Waals surface area contributed by atoms with E-state index in [1.807, 2.05) is 90.0 Å².